The van der Waals surface area contributed by atoms with E-state index in [1.807, 2.05) is 13.2 Å². The van der Waals surface area contributed by atoms with Crippen LogP contribution in [0.15, 0.2) is 30.5 Å². The number of aliphatic hydroxyl groups excluding tert-OH is 1. The van der Waals surface area contributed by atoms with Gasteiger partial charge in [-0.3, -0.25) is 9.58 Å². The zero-order valence-corrected chi connectivity index (χ0v) is 16.2. The molecule has 1 N–H and O–H groups in total. The summed E-state index contributed by atoms with van der Waals surface area (Å²) in [6, 6.07) is 6.92. The molecule has 0 bridgehead atoms. The average molecular weight is 386 g/mol. The molecule has 2 aliphatic rings. The number of likely N-dealkylation sites (tertiary alicyclic amines) is 1. The molecule has 28 heavy (non-hydrogen) atoms. The third kappa shape index (κ3) is 4.02. The fourth-order valence-electron chi connectivity index (χ4n) is 4.43. The molecule has 150 valence electrons. The summed E-state index contributed by atoms with van der Waals surface area (Å²) >= 11 is 0. The van der Waals surface area contributed by atoms with Crippen LogP contribution in [0, 0.1) is 11.8 Å². The predicted molar refractivity (Wildman–Crippen MR) is 101 cm³/mol. The number of methoxy groups -OCH3 is 1. The van der Waals surface area contributed by atoms with Crippen LogP contribution in [0.2, 0.25) is 0 Å². The van der Waals surface area contributed by atoms with Gasteiger partial charge in [-0.1, -0.05) is 11.3 Å². The summed E-state index contributed by atoms with van der Waals surface area (Å²) in [6.07, 6.45) is 2.68. The van der Waals surface area contributed by atoms with Crippen LogP contribution in [-0.4, -0.2) is 63.4 Å². The highest BCUT2D eigenvalue weighted by atomic mass is 16.5. The number of ether oxygens (including phenoxy) is 2. The standard InChI is InChI=1S/C20H26N4O4/c1-23-11-16(21-22-23)12-24-9-14-7-18(25)19(8-15(14)10-24)28-17-5-3-4-13(6-17)20(26)27-2/h3-6,11,14-15,18-19,25H,7-10,12H2,1-2H3/t14-,15+,18+,19+/m0/s1. The SMILES string of the molecule is COC(=O)c1cccc(O[C@@H]2C[C@@H]3CN(Cc4cn(C)nn4)C[C@@H]3C[C@H]2O)c1. The summed E-state index contributed by atoms with van der Waals surface area (Å²) in [5.74, 6) is 1.13. The first-order valence-electron chi connectivity index (χ1n) is 9.62. The molecule has 2 heterocycles. The molecule has 1 saturated heterocycles. The van der Waals surface area contributed by atoms with Gasteiger partial charge in [0.15, 0.2) is 0 Å². The second kappa shape index (κ2) is 7.89. The molecular weight excluding hydrogens is 360 g/mol. The van der Waals surface area contributed by atoms with E-state index < -0.39 is 12.1 Å². The Morgan fingerprint density at radius 2 is 2.07 bits per heavy atom. The maximum Gasteiger partial charge on any atom is 0.337 e. The summed E-state index contributed by atoms with van der Waals surface area (Å²) in [7, 11) is 3.22. The second-order valence-corrected chi connectivity index (χ2v) is 7.81. The Kier molecular flexibility index (Phi) is 5.32. The molecule has 1 aromatic heterocycles. The highest BCUT2D eigenvalue weighted by molar-refractivity contribution is 5.89. The van der Waals surface area contributed by atoms with Gasteiger partial charge in [-0.25, -0.2) is 4.79 Å². The number of hydrogen-bond acceptors (Lipinski definition) is 7. The molecule has 4 atom stereocenters. The Balaban J connectivity index is 1.38. The minimum atomic E-state index is -0.514. The molecule has 8 nitrogen and oxygen atoms in total. The Morgan fingerprint density at radius 1 is 1.29 bits per heavy atom. The average Bonchev–Trinajstić information content (AvgIpc) is 3.26. The van der Waals surface area contributed by atoms with Crippen molar-refractivity contribution in [2.45, 2.75) is 31.6 Å². The van der Waals surface area contributed by atoms with E-state index in [1.54, 1.807) is 28.9 Å². The highest BCUT2D eigenvalue weighted by Crippen LogP contribution is 2.38. The summed E-state index contributed by atoms with van der Waals surface area (Å²) in [4.78, 5) is 14.1. The lowest BCUT2D eigenvalue weighted by molar-refractivity contribution is -0.0231. The van der Waals surface area contributed by atoms with Gasteiger partial charge in [-0.05, 0) is 42.9 Å². The molecule has 0 radical (unpaired) electrons. The number of fused-ring (bicyclic) bond motifs is 1. The summed E-state index contributed by atoms with van der Waals surface area (Å²) in [5, 5.41) is 18.8. The van der Waals surface area contributed by atoms with Crippen LogP contribution in [0.25, 0.3) is 0 Å². The fourth-order valence-corrected chi connectivity index (χ4v) is 4.43. The lowest BCUT2D eigenvalue weighted by Gasteiger charge is -2.35. The molecule has 2 aromatic rings. The summed E-state index contributed by atoms with van der Waals surface area (Å²) < 4.78 is 12.5. The number of carbonyl (C=O) groups excluding carboxylic acids is 1. The largest absolute Gasteiger partial charge is 0.488 e. The number of nitrogens with zero attached hydrogens (tertiary/aromatic N) is 4. The van der Waals surface area contributed by atoms with Crippen molar-refractivity contribution in [2.75, 3.05) is 20.2 Å². The van der Waals surface area contributed by atoms with Crippen LogP contribution in [0.5, 0.6) is 5.75 Å². The van der Waals surface area contributed by atoms with Crippen LogP contribution in [0.3, 0.4) is 0 Å². The fraction of sp³-hybridized carbons (Fsp3) is 0.550. The van der Waals surface area contributed by atoms with Gasteiger partial charge in [0.25, 0.3) is 0 Å². The van der Waals surface area contributed by atoms with Gasteiger partial charge in [-0.2, -0.15) is 0 Å². The lowest BCUT2D eigenvalue weighted by Crippen LogP contribution is -2.42. The van der Waals surface area contributed by atoms with Gasteiger partial charge in [0.05, 0.1) is 24.5 Å². The first kappa shape index (κ1) is 18.9. The van der Waals surface area contributed by atoms with E-state index in [1.165, 1.54) is 7.11 Å². The van der Waals surface area contributed by atoms with E-state index in [-0.39, 0.29) is 6.10 Å². The van der Waals surface area contributed by atoms with Gasteiger partial charge < -0.3 is 14.6 Å². The van der Waals surface area contributed by atoms with Gasteiger partial charge >= 0.3 is 5.97 Å². The third-order valence-electron chi connectivity index (χ3n) is 5.74. The Morgan fingerprint density at radius 3 is 2.79 bits per heavy atom. The highest BCUT2D eigenvalue weighted by Gasteiger charge is 2.42. The zero-order valence-electron chi connectivity index (χ0n) is 16.2. The molecule has 2 fully saturated rings. The van der Waals surface area contributed by atoms with Crippen LogP contribution < -0.4 is 4.74 Å². The Labute approximate surface area is 164 Å². The van der Waals surface area contributed by atoms with Gasteiger partial charge in [-0.15, -0.1) is 5.10 Å². The number of esters is 1. The molecule has 1 saturated carbocycles. The van der Waals surface area contributed by atoms with E-state index >= 15 is 0 Å². The third-order valence-corrected chi connectivity index (χ3v) is 5.74. The topological polar surface area (TPSA) is 89.7 Å². The number of hydrogen-bond donors (Lipinski definition) is 1. The molecule has 0 amide bonds. The normalized spacial score (nSPS) is 27.4. The number of aromatic nitrogens is 3. The number of aliphatic hydroxyl groups is 1. The first-order valence-corrected chi connectivity index (χ1v) is 9.62. The molecule has 4 rings (SSSR count). The van der Waals surface area contributed by atoms with Gasteiger partial charge in [0, 0.05) is 32.9 Å². The van der Waals surface area contributed by atoms with Crippen molar-refractivity contribution in [3.63, 3.8) is 0 Å². The van der Waals surface area contributed by atoms with Crippen LogP contribution in [-0.2, 0) is 18.3 Å². The Bertz CT molecular complexity index is 839. The molecule has 1 aliphatic heterocycles. The quantitative estimate of drug-likeness (QED) is 0.774. The zero-order chi connectivity index (χ0) is 19.7. The van der Waals surface area contributed by atoms with Gasteiger partial charge in [0.1, 0.15) is 11.9 Å². The van der Waals surface area contributed by atoms with Gasteiger partial charge in [0.2, 0.25) is 0 Å². The number of carbonyl (C=O) groups is 1. The van der Waals surface area contributed by atoms with E-state index in [0.717, 1.165) is 38.2 Å². The minimum Gasteiger partial charge on any atom is -0.488 e. The van der Waals surface area contributed by atoms with Crippen molar-refractivity contribution in [3.8, 4) is 5.75 Å². The summed E-state index contributed by atoms with van der Waals surface area (Å²) in [6.45, 7) is 2.71. The number of benzene rings is 1. The van der Waals surface area contributed by atoms with Crippen LogP contribution >= 0.6 is 0 Å². The smallest absolute Gasteiger partial charge is 0.337 e. The number of rotatable bonds is 5. The maximum absolute atomic E-state index is 11.7. The lowest BCUT2D eigenvalue weighted by atomic mass is 9.78. The second-order valence-electron chi connectivity index (χ2n) is 7.81. The molecule has 1 aliphatic carbocycles. The first-order chi connectivity index (χ1) is 13.5. The van der Waals surface area contributed by atoms with Crippen molar-refractivity contribution in [1.82, 2.24) is 19.9 Å². The van der Waals surface area contributed by atoms with Crippen molar-refractivity contribution in [2.24, 2.45) is 18.9 Å². The van der Waals surface area contributed by atoms with Crippen molar-refractivity contribution in [3.05, 3.63) is 41.7 Å². The van der Waals surface area contributed by atoms with E-state index in [4.69, 9.17) is 9.47 Å². The monoisotopic (exact) mass is 386 g/mol. The molecule has 0 spiro atoms. The van der Waals surface area contributed by atoms with Crippen molar-refractivity contribution >= 4 is 5.97 Å². The number of aryl methyl sites for hydroxylation is 1. The molecular formula is C20H26N4O4. The van der Waals surface area contributed by atoms with E-state index in [9.17, 15) is 9.90 Å². The molecule has 8 heteroatoms. The van der Waals surface area contributed by atoms with Crippen LogP contribution in [0.4, 0.5) is 0 Å². The van der Waals surface area contributed by atoms with Crippen molar-refractivity contribution < 1.29 is 19.4 Å². The molecule has 0 unspecified atom stereocenters. The summed E-state index contributed by atoms with van der Waals surface area (Å²) in [5.41, 5.74) is 1.41. The van der Waals surface area contributed by atoms with Crippen LogP contribution in [0.1, 0.15) is 28.9 Å². The minimum absolute atomic E-state index is 0.273. The Hall–Kier alpha value is -2.45. The van der Waals surface area contributed by atoms with Crippen molar-refractivity contribution in [1.29, 1.82) is 0 Å². The van der Waals surface area contributed by atoms with E-state index in [0.29, 0.717) is 23.1 Å². The maximum atomic E-state index is 11.7. The molecule has 1 aromatic carbocycles. The predicted octanol–water partition coefficient (Wildman–Crippen LogP) is 1.25. The van der Waals surface area contributed by atoms with E-state index in [2.05, 4.69) is 15.2 Å².